The maximum atomic E-state index is 12.4. The zero-order chi connectivity index (χ0) is 20.3. The molecule has 2 amide bonds. The standard InChI is InChI=1S/C24H26N2O3/c1-17-6-9-21(29-17)16-25-22(27)10-12-24(13-11-23(28)26-24)15-18-7-8-19-4-2-3-5-20(19)14-18/h2-9,14H,10-13,15-16H2,1H3,(H,25,27)(H,26,28)/t24-/m1/s1. The minimum Gasteiger partial charge on any atom is -0.465 e. The third-order valence-corrected chi connectivity index (χ3v) is 5.68. The second kappa shape index (κ2) is 8.11. The third-order valence-electron chi connectivity index (χ3n) is 5.68. The molecule has 29 heavy (non-hydrogen) atoms. The molecule has 1 saturated heterocycles. The van der Waals surface area contributed by atoms with Crippen LogP contribution in [0.25, 0.3) is 10.8 Å². The predicted molar refractivity (Wildman–Crippen MR) is 112 cm³/mol. The second-order valence-electron chi connectivity index (χ2n) is 7.98. The minimum absolute atomic E-state index is 0.0295. The molecule has 1 aliphatic heterocycles. The Kier molecular flexibility index (Phi) is 5.38. The first kappa shape index (κ1) is 19.2. The molecule has 1 aliphatic rings. The summed E-state index contributed by atoms with van der Waals surface area (Å²) in [5.41, 5.74) is 0.815. The molecule has 0 aliphatic carbocycles. The number of hydrogen-bond acceptors (Lipinski definition) is 3. The Morgan fingerprint density at radius 3 is 2.69 bits per heavy atom. The lowest BCUT2D eigenvalue weighted by Gasteiger charge is -2.29. The van der Waals surface area contributed by atoms with Gasteiger partial charge in [0.2, 0.25) is 11.8 Å². The topological polar surface area (TPSA) is 71.3 Å². The van der Waals surface area contributed by atoms with Gasteiger partial charge in [-0.1, -0.05) is 42.5 Å². The minimum atomic E-state index is -0.363. The quantitative estimate of drug-likeness (QED) is 0.640. The van der Waals surface area contributed by atoms with Crippen LogP contribution in [0, 0.1) is 6.92 Å². The Morgan fingerprint density at radius 1 is 1.14 bits per heavy atom. The lowest BCUT2D eigenvalue weighted by molar-refractivity contribution is -0.123. The fraction of sp³-hybridized carbons (Fsp3) is 0.333. The van der Waals surface area contributed by atoms with E-state index in [1.54, 1.807) is 0 Å². The number of hydrogen-bond donors (Lipinski definition) is 2. The molecular formula is C24H26N2O3. The summed E-state index contributed by atoms with van der Waals surface area (Å²) in [6.07, 6.45) is 2.99. The monoisotopic (exact) mass is 390 g/mol. The van der Waals surface area contributed by atoms with E-state index in [1.807, 2.05) is 31.2 Å². The molecule has 1 atom stereocenters. The number of furan rings is 1. The summed E-state index contributed by atoms with van der Waals surface area (Å²) >= 11 is 0. The molecular weight excluding hydrogens is 364 g/mol. The summed E-state index contributed by atoms with van der Waals surface area (Å²) in [6, 6.07) is 18.4. The molecule has 5 nitrogen and oxygen atoms in total. The van der Waals surface area contributed by atoms with Crippen LogP contribution >= 0.6 is 0 Å². The van der Waals surface area contributed by atoms with Gasteiger partial charge in [-0.2, -0.15) is 0 Å². The second-order valence-corrected chi connectivity index (χ2v) is 7.98. The fourth-order valence-electron chi connectivity index (χ4n) is 4.13. The van der Waals surface area contributed by atoms with Gasteiger partial charge in [0.15, 0.2) is 0 Å². The molecule has 0 spiro atoms. The summed E-state index contributed by atoms with van der Waals surface area (Å²) in [5.74, 6) is 1.61. The van der Waals surface area contributed by atoms with Gasteiger partial charge in [-0.25, -0.2) is 0 Å². The van der Waals surface area contributed by atoms with E-state index in [9.17, 15) is 9.59 Å². The molecule has 1 aromatic heterocycles. The van der Waals surface area contributed by atoms with Gasteiger partial charge in [0, 0.05) is 18.4 Å². The van der Waals surface area contributed by atoms with Crippen molar-refractivity contribution < 1.29 is 14.0 Å². The van der Waals surface area contributed by atoms with Crippen molar-refractivity contribution in [2.75, 3.05) is 0 Å². The molecule has 3 aromatic rings. The largest absolute Gasteiger partial charge is 0.465 e. The van der Waals surface area contributed by atoms with E-state index in [4.69, 9.17) is 4.42 Å². The molecule has 4 rings (SSSR count). The maximum Gasteiger partial charge on any atom is 0.220 e. The van der Waals surface area contributed by atoms with E-state index in [0.29, 0.717) is 25.8 Å². The number of aryl methyl sites for hydroxylation is 1. The van der Waals surface area contributed by atoms with Gasteiger partial charge >= 0.3 is 0 Å². The van der Waals surface area contributed by atoms with Crippen molar-refractivity contribution in [1.82, 2.24) is 10.6 Å². The highest BCUT2D eigenvalue weighted by Crippen LogP contribution is 2.30. The van der Waals surface area contributed by atoms with Crippen molar-refractivity contribution in [2.24, 2.45) is 0 Å². The maximum absolute atomic E-state index is 12.4. The smallest absolute Gasteiger partial charge is 0.220 e. The molecule has 2 heterocycles. The Bertz CT molecular complexity index is 1040. The fourth-order valence-corrected chi connectivity index (χ4v) is 4.13. The summed E-state index contributed by atoms with van der Waals surface area (Å²) in [5, 5.41) is 8.46. The average molecular weight is 390 g/mol. The van der Waals surface area contributed by atoms with Gasteiger partial charge in [0.1, 0.15) is 11.5 Å². The molecule has 0 bridgehead atoms. The molecule has 5 heteroatoms. The van der Waals surface area contributed by atoms with Gasteiger partial charge in [-0.05, 0) is 54.7 Å². The van der Waals surface area contributed by atoms with Crippen molar-refractivity contribution in [2.45, 2.75) is 51.1 Å². The van der Waals surface area contributed by atoms with E-state index in [0.717, 1.165) is 24.4 Å². The van der Waals surface area contributed by atoms with Crippen molar-refractivity contribution in [3.8, 4) is 0 Å². The first-order valence-electron chi connectivity index (χ1n) is 10.1. The van der Waals surface area contributed by atoms with Gasteiger partial charge in [0.05, 0.1) is 6.54 Å². The van der Waals surface area contributed by atoms with Crippen LogP contribution in [0.3, 0.4) is 0 Å². The lowest BCUT2D eigenvalue weighted by Crippen LogP contribution is -2.44. The van der Waals surface area contributed by atoms with E-state index >= 15 is 0 Å². The summed E-state index contributed by atoms with van der Waals surface area (Å²) in [6.45, 7) is 2.27. The van der Waals surface area contributed by atoms with Crippen molar-refractivity contribution >= 4 is 22.6 Å². The highest BCUT2D eigenvalue weighted by atomic mass is 16.3. The first-order chi connectivity index (χ1) is 14.0. The van der Waals surface area contributed by atoms with Crippen LogP contribution in [0.5, 0.6) is 0 Å². The Morgan fingerprint density at radius 2 is 1.97 bits per heavy atom. The molecule has 1 fully saturated rings. The molecule has 2 aromatic carbocycles. The van der Waals surface area contributed by atoms with Crippen LogP contribution < -0.4 is 10.6 Å². The zero-order valence-electron chi connectivity index (χ0n) is 16.7. The van der Waals surface area contributed by atoms with Crippen LogP contribution in [0.1, 0.15) is 42.8 Å². The number of benzene rings is 2. The van der Waals surface area contributed by atoms with Crippen LogP contribution in [0.4, 0.5) is 0 Å². The van der Waals surface area contributed by atoms with E-state index in [-0.39, 0.29) is 17.4 Å². The van der Waals surface area contributed by atoms with Crippen molar-refractivity contribution in [3.05, 3.63) is 71.7 Å². The number of carbonyl (C=O) groups is 2. The van der Waals surface area contributed by atoms with Crippen LogP contribution in [0.2, 0.25) is 0 Å². The van der Waals surface area contributed by atoms with Gasteiger partial charge in [-0.15, -0.1) is 0 Å². The number of carbonyl (C=O) groups excluding carboxylic acids is 2. The molecule has 0 unspecified atom stereocenters. The predicted octanol–water partition coefficient (Wildman–Crippen LogP) is 4.03. The Balaban J connectivity index is 1.40. The van der Waals surface area contributed by atoms with Crippen LogP contribution in [-0.4, -0.2) is 17.4 Å². The number of amides is 2. The van der Waals surface area contributed by atoms with E-state index in [1.165, 1.54) is 16.3 Å². The molecule has 0 saturated carbocycles. The average Bonchev–Trinajstić information content (AvgIpc) is 3.30. The van der Waals surface area contributed by atoms with Gasteiger partial charge in [0.25, 0.3) is 0 Å². The number of nitrogens with one attached hydrogen (secondary N) is 2. The first-order valence-corrected chi connectivity index (χ1v) is 10.1. The Hall–Kier alpha value is -3.08. The van der Waals surface area contributed by atoms with E-state index in [2.05, 4.69) is 41.0 Å². The summed E-state index contributed by atoms with van der Waals surface area (Å²) in [7, 11) is 0. The van der Waals surface area contributed by atoms with E-state index < -0.39 is 0 Å². The molecule has 0 radical (unpaired) electrons. The Labute approximate surface area is 170 Å². The third kappa shape index (κ3) is 4.67. The number of fused-ring (bicyclic) bond motifs is 1. The van der Waals surface area contributed by atoms with Gasteiger partial charge < -0.3 is 15.1 Å². The highest BCUT2D eigenvalue weighted by molar-refractivity contribution is 5.83. The molecule has 150 valence electrons. The van der Waals surface area contributed by atoms with Crippen LogP contribution in [-0.2, 0) is 22.6 Å². The highest BCUT2D eigenvalue weighted by Gasteiger charge is 2.37. The SMILES string of the molecule is Cc1ccc(CNC(=O)CC[C@]2(Cc3ccc4ccccc4c3)CCC(=O)N2)o1. The van der Waals surface area contributed by atoms with Crippen LogP contribution in [0.15, 0.2) is 59.0 Å². The normalized spacial score (nSPS) is 18.7. The molecule has 2 N–H and O–H groups in total. The summed E-state index contributed by atoms with van der Waals surface area (Å²) < 4.78 is 5.49. The summed E-state index contributed by atoms with van der Waals surface area (Å²) in [4.78, 5) is 24.4. The van der Waals surface area contributed by atoms with Crippen molar-refractivity contribution in [3.63, 3.8) is 0 Å². The number of rotatable bonds is 7. The zero-order valence-corrected chi connectivity index (χ0v) is 16.7. The van der Waals surface area contributed by atoms with Gasteiger partial charge in [-0.3, -0.25) is 9.59 Å². The lowest BCUT2D eigenvalue weighted by atomic mass is 9.84. The van der Waals surface area contributed by atoms with Crippen molar-refractivity contribution in [1.29, 1.82) is 0 Å².